The highest BCUT2D eigenvalue weighted by molar-refractivity contribution is 5.47. The van der Waals surface area contributed by atoms with Gasteiger partial charge < -0.3 is 11.5 Å². The Morgan fingerprint density at radius 2 is 1.92 bits per heavy atom. The van der Waals surface area contributed by atoms with Crippen LogP contribution in [0, 0.1) is 11.6 Å². The summed E-state index contributed by atoms with van der Waals surface area (Å²) in [7, 11) is 0. The van der Waals surface area contributed by atoms with Gasteiger partial charge in [0.1, 0.15) is 0 Å². The summed E-state index contributed by atoms with van der Waals surface area (Å²) in [6, 6.07) is 2.39. The van der Waals surface area contributed by atoms with E-state index in [0.717, 1.165) is 6.07 Å². The fourth-order valence-corrected chi connectivity index (χ4v) is 1.14. The first-order chi connectivity index (χ1) is 6.16. The van der Waals surface area contributed by atoms with Gasteiger partial charge in [0.25, 0.3) is 0 Å². The Morgan fingerprint density at radius 3 is 2.54 bits per heavy atom. The predicted molar refractivity (Wildman–Crippen MR) is 48.1 cm³/mol. The van der Waals surface area contributed by atoms with Gasteiger partial charge in [-0.15, -0.1) is 0 Å². The molecule has 0 fully saturated rings. The lowest BCUT2D eigenvalue weighted by Gasteiger charge is -2.06. The molecular weight excluding hydrogens is 174 g/mol. The van der Waals surface area contributed by atoms with Crippen molar-refractivity contribution in [1.82, 2.24) is 0 Å². The van der Waals surface area contributed by atoms with Gasteiger partial charge in [0.15, 0.2) is 11.6 Å². The minimum Gasteiger partial charge on any atom is -0.398 e. The molecule has 0 bridgehead atoms. The SMILES string of the molecule is NCCCc1c(N)ccc(F)c1F. The van der Waals surface area contributed by atoms with Gasteiger partial charge in [0.2, 0.25) is 0 Å². The zero-order valence-corrected chi connectivity index (χ0v) is 7.19. The third kappa shape index (κ3) is 2.15. The van der Waals surface area contributed by atoms with Crippen LogP contribution in [-0.4, -0.2) is 6.54 Å². The standard InChI is InChI=1S/C9H12F2N2/c10-7-3-4-8(13)6(9(7)11)2-1-5-12/h3-4H,1-2,5,12-13H2. The van der Waals surface area contributed by atoms with Crippen LogP contribution >= 0.6 is 0 Å². The number of hydrogen-bond donors (Lipinski definition) is 2. The maximum Gasteiger partial charge on any atom is 0.164 e. The van der Waals surface area contributed by atoms with E-state index in [2.05, 4.69) is 0 Å². The van der Waals surface area contributed by atoms with Crippen LogP contribution in [0.4, 0.5) is 14.5 Å². The summed E-state index contributed by atoms with van der Waals surface area (Å²) >= 11 is 0. The van der Waals surface area contributed by atoms with Gasteiger partial charge in [-0.2, -0.15) is 0 Å². The van der Waals surface area contributed by atoms with Gasteiger partial charge in [-0.3, -0.25) is 0 Å². The molecule has 0 saturated carbocycles. The maximum absolute atomic E-state index is 13.1. The number of benzene rings is 1. The maximum atomic E-state index is 13.1. The lowest BCUT2D eigenvalue weighted by Crippen LogP contribution is -2.05. The van der Waals surface area contributed by atoms with Crippen LogP contribution < -0.4 is 11.5 Å². The highest BCUT2D eigenvalue weighted by Gasteiger charge is 2.10. The number of nitrogens with two attached hydrogens (primary N) is 2. The van der Waals surface area contributed by atoms with Crippen molar-refractivity contribution < 1.29 is 8.78 Å². The summed E-state index contributed by atoms with van der Waals surface area (Å²) in [5.41, 5.74) is 11.3. The number of rotatable bonds is 3. The van der Waals surface area contributed by atoms with E-state index in [4.69, 9.17) is 11.5 Å². The van der Waals surface area contributed by atoms with E-state index in [1.165, 1.54) is 6.07 Å². The van der Waals surface area contributed by atoms with Crippen molar-refractivity contribution in [2.24, 2.45) is 5.73 Å². The Morgan fingerprint density at radius 1 is 1.23 bits per heavy atom. The second kappa shape index (κ2) is 4.18. The highest BCUT2D eigenvalue weighted by atomic mass is 19.2. The van der Waals surface area contributed by atoms with Crippen molar-refractivity contribution >= 4 is 5.69 Å². The highest BCUT2D eigenvalue weighted by Crippen LogP contribution is 2.19. The predicted octanol–water partition coefficient (Wildman–Crippen LogP) is 1.44. The molecule has 1 rings (SSSR count). The Hall–Kier alpha value is -1.16. The molecule has 0 aliphatic heterocycles. The molecule has 0 aromatic heterocycles. The Labute approximate surface area is 75.5 Å². The van der Waals surface area contributed by atoms with Crippen LogP contribution in [0.2, 0.25) is 0 Å². The van der Waals surface area contributed by atoms with Crippen molar-refractivity contribution in [3.05, 3.63) is 29.3 Å². The number of nitrogen functional groups attached to an aromatic ring is 1. The molecule has 0 amide bonds. The minimum atomic E-state index is -0.860. The zero-order valence-electron chi connectivity index (χ0n) is 7.19. The quantitative estimate of drug-likeness (QED) is 0.702. The second-order valence-corrected chi connectivity index (χ2v) is 2.82. The van der Waals surface area contributed by atoms with Crippen LogP contribution in [0.3, 0.4) is 0 Å². The van der Waals surface area contributed by atoms with Crippen molar-refractivity contribution in [3.8, 4) is 0 Å². The first-order valence-electron chi connectivity index (χ1n) is 4.09. The smallest absolute Gasteiger partial charge is 0.164 e. The molecule has 4 N–H and O–H groups in total. The molecule has 1 aromatic carbocycles. The van der Waals surface area contributed by atoms with E-state index in [9.17, 15) is 8.78 Å². The van der Waals surface area contributed by atoms with Gasteiger partial charge in [-0.25, -0.2) is 8.78 Å². The minimum absolute atomic E-state index is 0.227. The number of hydrogen-bond acceptors (Lipinski definition) is 2. The first kappa shape index (κ1) is 9.92. The molecule has 0 radical (unpaired) electrons. The Balaban J connectivity index is 2.96. The van der Waals surface area contributed by atoms with Crippen LogP contribution in [-0.2, 0) is 6.42 Å². The lowest BCUT2D eigenvalue weighted by molar-refractivity contribution is 0.498. The average molecular weight is 186 g/mol. The van der Waals surface area contributed by atoms with Gasteiger partial charge in [0.05, 0.1) is 0 Å². The molecule has 13 heavy (non-hydrogen) atoms. The van der Waals surface area contributed by atoms with Crippen molar-refractivity contribution in [2.75, 3.05) is 12.3 Å². The first-order valence-corrected chi connectivity index (χ1v) is 4.09. The van der Waals surface area contributed by atoms with Crippen molar-refractivity contribution in [2.45, 2.75) is 12.8 Å². The molecule has 0 atom stereocenters. The lowest BCUT2D eigenvalue weighted by atomic mass is 10.1. The van der Waals surface area contributed by atoms with Gasteiger partial charge in [-0.05, 0) is 31.5 Å². The molecule has 72 valence electrons. The molecule has 0 spiro atoms. The fraction of sp³-hybridized carbons (Fsp3) is 0.333. The zero-order chi connectivity index (χ0) is 9.84. The van der Waals surface area contributed by atoms with Crippen LogP contribution in [0.15, 0.2) is 12.1 Å². The van der Waals surface area contributed by atoms with Crippen LogP contribution in [0.5, 0.6) is 0 Å². The third-order valence-corrected chi connectivity index (χ3v) is 1.86. The van der Waals surface area contributed by atoms with E-state index in [1.54, 1.807) is 0 Å². The Kier molecular flexibility index (Phi) is 3.19. The third-order valence-electron chi connectivity index (χ3n) is 1.86. The average Bonchev–Trinajstić information content (AvgIpc) is 2.12. The van der Waals surface area contributed by atoms with Gasteiger partial charge >= 0.3 is 0 Å². The summed E-state index contributed by atoms with van der Waals surface area (Å²) in [5.74, 6) is -1.71. The molecule has 2 nitrogen and oxygen atoms in total. The van der Waals surface area contributed by atoms with Crippen LogP contribution in [0.1, 0.15) is 12.0 Å². The van der Waals surface area contributed by atoms with E-state index < -0.39 is 11.6 Å². The van der Waals surface area contributed by atoms with Crippen molar-refractivity contribution in [3.63, 3.8) is 0 Å². The summed E-state index contributed by atoms with van der Waals surface area (Å²) in [5, 5.41) is 0. The van der Waals surface area contributed by atoms with Crippen LogP contribution in [0.25, 0.3) is 0 Å². The van der Waals surface area contributed by atoms with E-state index in [1.807, 2.05) is 0 Å². The summed E-state index contributed by atoms with van der Waals surface area (Å²) in [6.45, 7) is 0.440. The molecule has 0 aliphatic carbocycles. The largest absolute Gasteiger partial charge is 0.398 e. The molecule has 0 aliphatic rings. The normalized spacial score (nSPS) is 10.4. The second-order valence-electron chi connectivity index (χ2n) is 2.82. The molecule has 4 heteroatoms. The molecule has 0 heterocycles. The molecule has 0 saturated heterocycles. The van der Waals surface area contributed by atoms with E-state index in [-0.39, 0.29) is 11.3 Å². The summed E-state index contributed by atoms with van der Waals surface area (Å²) in [4.78, 5) is 0. The monoisotopic (exact) mass is 186 g/mol. The van der Waals surface area contributed by atoms with Gasteiger partial charge in [0, 0.05) is 11.3 Å². The molecule has 0 unspecified atom stereocenters. The number of halogens is 2. The molecule has 1 aromatic rings. The topological polar surface area (TPSA) is 52.0 Å². The van der Waals surface area contributed by atoms with E-state index >= 15 is 0 Å². The summed E-state index contributed by atoms with van der Waals surface area (Å²) in [6.07, 6.45) is 0.983. The van der Waals surface area contributed by atoms with E-state index in [0.29, 0.717) is 19.4 Å². The summed E-state index contributed by atoms with van der Waals surface area (Å²) < 4.78 is 25.8. The fourth-order valence-electron chi connectivity index (χ4n) is 1.14. The van der Waals surface area contributed by atoms with Crippen molar-refractivity contribution in [1.29, 1.82) is 0 Å². The number of anilines is 1. The molecular formula is C9H12F2N2. The van der Waals surface area contributed by atoms with Gasteiger partial charge in [-0.1, -0.05) is 0 Å². The Bertz CT molecular complexity index is 300.